The second kappa shape index (κ2) is 5.31. The van der Waals surface area contributed by atoms with Crippen LogP contribution in [0.2, 0.25) is 0 Å². The molecule has 2 aromatic rings. The summed E-state index contributed by atoms with van der Waals surface area (Å²) in [5.74, 6) is 0.511. The number of para-hydroxylation sites is 1. The van der Waals surface area contributed by atoms with Gasteiger partial charge < -0.3 is 10.1 Å². The fourth-order valence-electron chi connectivity index (χ4n) is 3.10. The molecular weight excluding hydrogens is 238 g/mol. The van der Waals surface area contributed by atoms with Crippen LogP contribution in [0.15, 0.2) is 24.3 Å². The van der Waals surface area contributed by atoms with E-state index in [1.165, 1.54) is 17.3 Å². The summed E-state index contributed by atoms with van der Waals surface area (Å²) >= 11 is 0. The first kappa shape index (κ1) is 12.6. The number of nitrogens with zero attached hydrogens (tertiary/aromatic N) is 2. The van der Waals surface area contributed by atoms with E-state index in [1.54, 1.807) is 0 Å². The van der Waals surface area contributed by atoms with Crippen molar-refractivity contribution >= 4 is 10.9 Å². The number of aryl methyl sites for hydroxylation is 1. The predicted octanol–water partition coefficient (Wildman–Crippen LogP) is 2.26. The van der Waals surface area contributed by atoms with E-state index in [0.717, 1.165) is 25.3 Å². The van der Waals surface area contributed by atoms with Gasteiger partial charge in [-0.2, -0.15) is 5.10 Å². The molecule has 4 heteroatoms. The van der Waals surface area contributed by atoms with Gasteiger partial charge in [-0.1, -0.05) is 18.2 Å². The van der Waals surface area contributed by atoms with Crippen molar-refractivity contribution in [3.63, 3.8) is 0 Å². The molecule has 2 unspecified atom stereocenters. The molecule has 1 aliphatic rings. The minimum Gasteiger partial charge on any atom is -0.381 e. The van der Waals surface area contributed by atoms with Gasteiger partial charge in [0.15, 0.2) is 0 Å². The molecule has 2 atom stereocenters. The molecule has 0 bridgehead atoms. The quantitative estimate of drug-likeness (QED) is 0.919. The Kier molecular flexibility index (Phi) is 3.53. The Morgan fingerprint density at radius 2 is 2.26 bits per heavy atom. The highest BCUT2D eigenvalue weighted by atomic mass is 16.5. The van der Waals surface area contributed by atoms with Crippen LogP contribution in [-0.2, 0) is 11.8 Å². The first-order valence-electron chi connectivity index (χ1n) is 6.98. The number of nitrogens with one attached hydrogen (secondary N) is 1. The Bertz CT molecular complexity index is 558. The van der Waals surface area contributed by atoms with Crippen LogP contribution in [0.1, 0.15) is 24.6 Å². The zero-order valence-electron chi connectivity index (χ0n) is 11.6. The van der Waals surface area contributed by atoms with Crippen molar-refractivity contribution in [1.29, 1.82) is 0 Å². The fraction of sp³-hybridized carbons (Fsp3) is 0.533. The lowest BCUT2D eigenvalue weighted by atomic mass is 9.90. The SMILES string of the molecule is CNC(c1nn(C)c2ccccc12)C1CCCOC1. The standard InChI is InChI=1S/C15H21N3O/c1-16-14(11-6-5-9-19-10-11)15-12-7-3-4-8-13(12)18(2)17-15/h3-4,7-8,11,14,16H,5-6,9-10H2,1-2H3. The van der Waals surface area contributed by atoms with Crippen LogP contribution in [0.4, 0.5) is 0 Å². The molecular formula is C15H21N3O. The van der Waals surface area contributed by atoms with Crippen LogP contribution < -0.4 is 5.32 Å². The summed E-state index contributed by atoms with van der Waals surface area (Å²) in [6.45, 7) is 1.73. The van der Waals surface area contributed by atoms with E-state index in [4.69, 9.17) is 9.84 Å². The molecule has 19 heavy (non-hydrogen) atoms. The maximum Gasteiger partial charge on any atom is 0.0876 e. The van der Waals surface area contributed by atoms with Gasteiger partial charge >= 0.3 is 0 Å². The van der Waals surface area contributed by atoms with Crippen LogP contribution in [-0.4, -0.2) is 30.0 Å². The highest BCUT2D eigenvalue weighted by molar-refractivity contribution is 5.82. The van der Waals surface area contributed by atoms with Gasteiger partial charge in [-0.05, 0) is 26.0 Å². The van der Waals surface area contributed by atoms with Gasteiger partial charge in [0.2, 0.25) is 0 Å². The molecule has 4 nitrogen and oxygen atoms in total. The van der Waals surface area contributed by atoms with E-state index in [1.807, 2.05) is 18.8 Å². The molecule has 1 aromatic carbocycles. The minimum absolute atomic E-state index is 0.270. The summed E-state index contributed by atoms with van der Waals surface area (Å²) < 4.78 is 7.60. The van der Waals surface area contributed by atoms with Crippen LogP contribution in [0.5, 0.6) is 0 Å². The molecule has 1 saturated heterocycles. The van der Waals surface area contributed by atoms with E-state index in [0.29, 0.717) is 5.92 Å². The van der Waals surface area contributed by atoms with Gasteiger partial charge in [-0.15, -0.1) is 0 Å². The summed E-state index contributed by atoms with van der Waals surface area (Å²) in [4.78, 5) is 0. The minimum atomic E-state index is 0.270. The zero-order valence-corrected chi connectivity index (χ0v) is 11.6. The third kappa shape index (κ3) is 2.26. The molecule has 0 spiro atoms. The second-order valence-corrected chi connectivity index (χ2v) is 5.27. The lowest BCUT2D eigenvalue weighted by Gasteiger charge is -2.29. The summed E-state index contributed by atoms with van der Waals surface area (Å²) in [7, 11) is 4.03. The lowest BCUT2D eigenvalue weighted by molar-refractivity contribution is 0.0397. The van der Waals surface area contributed by atoms with Crippen LogP contribution in [0, 0.1) is 5.92 Å². The molecule has 1 fully saturated rings. The number of hydrogen-bond acceptors (Lipinski definition) is 3. The largest absolute Gasteiger partial charge is 0.381 e. The Morgan fingerprint density at radius 3 is 3.00 bits per heavy atom. The first-order chi connectivity index (χ1) is 9.31. The Hall–Kier alpha value is -1.39. The molecule has 1 aliphatic heterocycles. The third-order valence-corrected chi connectivity index (χ3v) is 4.06. The number of aromatic nitrogens is 2. The van der Waals surface area contributed by atoms with Crippen molar-refractivity contribution in [3.05, 3.63) is 30.0 Å². The Balaban J connectivity index is 2.01. The lowest BCUT2D eigenvalue weighted by Crippen LogP contribution is -2.31. The molecule has 1 N–H and O–H groups in total. The summed E-state index contributed by atoms with van der Waals surface area (Å²) in [6.07, 6.45) is 2.35. The van der Waals surface area contributed by atoms with Gasteiger partial charge in [0.05, 0.1) is 23.9 Å². The van der Waals surface area contributed by atoms with Gasteiger partial charge in [0.1, 0.15) is 0 Å². The summed E-state index contributed by atoms with van der Waals surface area (Å²) in [5, 5.41) is 9.42. The number of benzene rings is 1. The molecule has 1 aromatic heterocycles. The van der Waals surface area contributed by atoms with E-state index in [9.17, 15) is 0 Å². The van der Waals surface area contributed by atoms with Crippen molar-refractivity contribution in [2.75, 3.05) is 20.3 Å². The average Bonchev–Trinajstić information content (AvgIpc) is 2.79. The topological polar surface area (TPSA) is 39.1 Å². The molecule has 0 aliphatic carbocycles. The summed E-state index contributed by atoms with van der Waals surface area (Å²) in [6, 6.07) is 8.69. The summed E-state index contributed by atoms with van der Waals surface area (Å²) in [5.41, 5.74) is 2.34. The number of fused-ring (bicyclic) bond motifs is 1. The van der Waals surface area contributed by atoms with Crippen LogP contribution >= 0.6 is 0 Å². The smallest absolute Gasteiger partial charge is 0.0876 e. The van der Waals surface area contributed by atoms with Gasteiger partial charge in [0.25, 0.3) is 0 Å². The molecule has 0 saturated carbocycles. The normalized spacial score (nSPS) is 21.7. The van der Waals surface area contributed by atoms with Crippen molar-refractivity contribution < 1.29 is 4.74 Å². The third-order valence-electron chi connectivity index (χ3n) is 4.06. The second-order valence-electron chi connectivity index (χ2n) is 5.27. The average molecular weight is 259 g/mol. The van der Waals surface area contributed by atoms with Gasteiger partial charge in [0, 0.05) is 25.0 Å². The van der Waals surface area contributed by atoms with Gasteiger partial charge in [-0.25, -0.2) is 0 Å². The first-order valence-corrected chi connectivity index (χ1v) is 6.98. The zero-order chi connectivity index (χ0) is 13.2. The van der Waals surface area contributed by atoms with Crippen LogP contribution in [0.25, 0.3) is 10.9 Å². The van der Waals surface area contributed by atoms with Crippen molar-refractivity contribution in [2.24, 2.45) is 13.0 Å². The monoisotopic (exact) mass is 259 g/mol. The van der Waals surface area contributed by atoms with Crippen molar-refractivity contribution in [2.45, 2.75) is 18.9 Å². The predicted molar refractivity (Wildman–Crippen MR) is 76.1 cm³/mol. The maximum absolute atomic E-state index is 5.63. The van der Waals surface area contributed by atoms with Crippen molar-refractivity contribution in [3.8, 4) is 0 Å². The number of hydrogen-bond donors (Lipinski definition) is 1. The molecule has 2 heterocycles. The van der Waals surface area contributed by atoms with E-state index in [-0.39, 0.29) is 6.04 Å². The Morgan fingerprint density at radius 1 is 1.42 bits per heavy atom. The Labute approximate surface area is 113 Å². The number of rotatable bonds is 3. The molecule has 0 amide bonds. The van der Waals surface area contributed by atoms with E-state index >= 15 is 0 Å². The van der Waals surface area contributed by atoms with Crippen molar-refractivity contribution in [1.82, 2.24) is 15.1 Å². The molecule has 3 rings (SSSR count). The molecule has 102 valence electrons. The fourth-order valence-corrected chi connectivity index (χ4v) is 3.10. The maximum atomic E-state index is 5.63. The highest BCUT2D eigenvalue weighted by Gasteiger charge is 2.28. The number of ether oxygens (including phenoxy) is 1. The van der Waals surface area contributed by atoms with E-state index in [2.05, 4.69) is 29.6 Å². The highest BCUT2D eigenvalue weighted by Crippen LogP contribution is 2.32. The molecule has 0 radical (unpaired) electrons. The van der Waals surface area contributed by atoms with Gasteiger partial charge in [-0.3, -0.25) is 4.68 Å². The van der Waals surface area contributed by atoms with E-state index < -0.39 is 0 Å². The van der Waals surface area contributed by atoms with Crippen LogP contribution in [0.3, 0.4) is 0 Å².